The Morgan fingerprint density at radius 3 is 2.54 bits per heavy atom. The standard InChI is InChI=1S/C18H14N4OS/c1-13-17(11-20-22(13)15-5-3-2-4-6-15)18(23)21-14-7-9-16(10-8-14)24-12-19/h2-11H,1H3,(H,21,23). The van der Waals surface area contributed by atoms with E-state index < -0.39 is 0 Å². The first-order chi connectivity index (χ1) is 11.7. The van der Waals surface area contributed by atoms with Crippen molar-refractivity contribution in [1.82, 2.24) is 9.78 Å². The first-order valence-corrected chi connectivity index (χ1v) is 8.08. The molecule has 0 saturated heterocycles. The molecule has 6 heteroatoms. The third-order valence-electron chi connectivity index (χ3n) is 3.53. The number of anilines is 1. The number of hydrogen-bond acceptors (Lipinski definition) is 4. The van der Waals surface area contributed by atoms with Gasteiger partial charge in [0.25, 0.3) is 5.91 Å². The second kappa shape index (κ2) is 7.02. The molecular weight excluding hydrogens is 320 g/mol. The summed E-state index contributed by atoms with van der Waals surface area (Å²) < 4.78 is 1.74. The van der Waals surface area contributed by atoms with Crippen LogP contribution in [0.1, 0.15) is 16.1 Å². The van der Waals surface area contributed by atoms with Crippen LogP contribution in [0.15, 0.2) is 65.7 Å². The number of hydrogen-bond donors (Lipinski definition) is 1. The van der Waals surface area contributed by atoms with E-state index in [-0.39, 0.29) is 5.91 Å². The number of thioether (sulfide) groups is 1. The molecular formula is C18H14N4OS. The fraction of sp³-hybridized carbons (Fsp3) is 0.0556. The van der Waals surface area contributed by atoms with Crippen molar-refractivity contribution in [1.29, 1.82) is 5.26 Å². The van der Waals surface area contributed by atoms with Crippen molar-refractivity contribution < 1.29 is 4.79 Å². The van der Waals surface area contributed by atoms with E-state index in [0.717, 1.165) is 28.0 Å². The van der Waals surface area contributed by atoms with E-state index in [1.165, 1.54) is 0 Å². The van der Waals surface area contributed by atoms with Crippen molar-refractivity contribution in [2.75, 3.05) is 5.32 Å². The highest BCUT2D eigenvalue weighted by Gasteiger charge is 2.15. The monoisotopic (exact) mass is 334 g/mol. The molecule has 0 fully saturated rings. The molecule has 0 aliphatic carbocycles. The van der Waals surface area contributed by atoms with Crippen LogP contribution in [0.25, 0.3) is 5.69 Å². The molecule has 24 heavy (non-hydrogen) atoms. The average Bonchev–Trinajstić information content (AvgIpc) is 2.99. The molecule has 0 bridgehead atoms. The molecule has 3 aromatic rings. The Bertz CT molecular complexity index is 895. The first-order valence-electron chi connectivity index (χ1n) is 7.26. The van der Waals surface area contributed by atoms with Gasteiger partial charge in [-0.05, 0) is 55.1 Å². The molecule has 1 N–H and O–H groups in total. The van der Waals surface area contributed by atoms with Gasteiger partial charge in [-0.1, -0.05) is 18.2 Å². The number of nitrogens with zero attached hydrogens (tertiary/aromatic N) is 3. The zero-order valence-electron chi connectivity index (χ0n) is 12.9. The van der Waals surface area contributed by atoms with Gasteiger partial charge in [-0.15, -0.1) is 0 Å². The molecule has 0 spiro atoms. The van der Waals surface area contributed by atoms with Crippen LogP contribution in [0.2, 0.25) is 0 Å². The van der Waals surface area contributed by atoms with Crippen LogP contribution in [0.3, 0.4) is 0 Å². The summed E-state index contributed by atoms with van der Waals surface area (Å²) in [6.45, 7) is 1.86. The smallest absolute Gasteiger partial charge is 0.259 e. The quantitative estimate of drug-likeness (QED) is 0.578. The van der Waals surface area contributed by atoms with Crippen molar-refractivity contribution in [3.63, 3.8) is 0 Å². The lowest BCUT2D eigenvalue weighted by Crippen LogP contribution is -2.13. The largest absolute Gasteiger partial charge is 0.322 e. The van der Waals surface area contributed by atoms with E-state index in [1.54, 1.807) is 35.1 Å². The maximum absolute atomic E-state index is 12.5. The number of thiocyanates is 1. The van der Waals surface area contributed by atoms with Gasteiger partial charge in [0.05, 0.1) is 23.1 Å². The highest BCUT2D eigenvalue weighted by atomic mass is 32.2. The number of nitriles is 1. The van der Waals surface area contributed by atoms with Gasteiger partial charge in [-0.3, -0.25) is 4.79 Å². The topological polar surface area (TPSA) is 70.7 Å². The van der Waals surface area contributed by atoms with Crippen LogP contribution >= 0.6 is 11.8 Å². The zero-order valence-corrected chi connectivity index (χ0v) is 13.7. The molecule has 118 valence electrons. The molecule has 2 aromatic carbocycles. The molecule has 0 saturated carbocycles. The second-order valence-electron chi connectivity index (χ2n) is 5.06. The molecule has 1 amide bonds. The van der Waals surface area contributed by atoms with E-state index in [4.69, 9.17) is 5.26 Å². The van der Waals surface area contributed by atoms with E-state index in [9.17, 15) is 4.79 Å². The van der Waals surface area contributed by atoms with Gasteiger partial charge >= 0.3 is 0 Å². The highest BCUT2D eigenvalue weighted by Crippen LogP contribution is 2.20. The molecule has 0 aliphatic rings. The lowest BCUT2D eigenvalue weighted by molar-refractivity contribution is 0.102. The summed E-state index contributed by atoms with van der Waals surface area (Å²) in [4.78, 5) is 13.3. The molecule has 0 radical (unpaired) electrons. The van der Waals surface area contributed by atoms with Crippen LogP contribution < -0.4 is 5.32 Å². The third-order valence-corrected chi connectivity index (χ3v) is 4.13. The normalized spacial score (nSPS) is 10.2. The molecule has 5 nitrogen and oxygen atoms in total. The Kier molecular flexibility index (Phi) is 4.64. The minimum Gasteiger partial charge on any atom is -0.322 e. The summed E-state index contributed by atoms with van der Waals surface area (Å²) in [5.74, 6) is -0.213. The second-order valence-corrected chi connectivity index (χ2v) is 5.92. The van der Waals surface area contributed by atoms with Crippen molar-refractivity contribution in [3.8, 4) is 11.1 Å². The van der Waals surface area contributed by atoms with Crippen LogP contribution in [-0.2, 0) is 0 Å². The Labute approximate surface area is 143 Å². The van der Waals surface area contributed by atoms with Gasteiger partial charge in [0, 0.05) is 10.6 Å². The summed E-state index contributed by atoms with van der Waals surface area (Å²) in [5.41, 5.74) is 2.88. The molecule has 0 atom stereocenters. The maximum atomic E-state index is 12.5. The van der Waals surface area contributed by atoms with Gasteiger partial charge in [0.15, 0.2) is 0 Å². The highest BCUT2D eigenvalue weighted by molar-refractivity contribution is 8.03. The first kappa shape index (κ1) is 15.8. The van der Waals surface area contributed by atoms with Crippen LogP contribution in [0.5, 0.6) is 0 Å². The van der Waals surface area contributed by atoms with E-state index in [2.05, 4.69) is 10.4 Å². The number of para-hydroxylation sites is 1. The van der Waals surface area contributed by atoms with Crippen LogP contribution in [0.4, 0.5) is 5.69 Å². The average molecular weight is 334 g/mol. The summed E-state index contributed by atoms with van der Waals surface area (Å²) in [6, 6.07) is 16.8. The fourth-order valence-corrected chi connectivity index (χ4v) is 2.70. The molecule has 0 unspecified atom stereocenters. The van der Waals surface area contributed by atoms with Crippen molar-refractivity contribution >= 4 is 23.4 Å². The van der Waals surface area contributed by atoms with Crippen LogP contribution in [-0.4, -0.2) is 15.7 Å². The minimum absolute atomic E-state index is 0.213. The Morgan fingerprint density at radius 1 is 1.17 bits per heavy atom. The molecule has 1 heterocycles. The van der Waals surface area contributed by atoms with Crippen molar-refractivity contribution in [2.45, 2.75) is 11.8 Å². The summed E-state index contributed by atoms with van der Waals surface area (Å²) in [7, 11) is 0. The Balaban J connectivity index is 1.79. The lowest BCUT2D eigenvalue weighted by atomic mass is 10.2. The maximum Gasteiger partial charge on any atom is 0.259 e. The predicted molar refractivity (Wildman–Crippen MR) is 94.2 cm³/mol. The number of benzene rings is 2. The van der Waals surface area contributed by atoms with Crippen molar-refractivity contribution in [2.24, 2.45) is 0 Å². The van der Waals surface area contributed by atoms with Gasteiger partial charge in [0.1, 0.15) is 5.40 Å². The minimum atomic E-state index is -0.213. The number of nitrogens with one attached hydrogen (secondary N) is 1. The summed E-state index contributed by atoms with van der Waals surface area (Å²) in [6.07, 6.45) is 1.57. The van der Waals surface area contributed by atoms with Gasteiger partial charge < -0.3 is 5.32 Å². The molecule has 3 rings (SSSR count). The zero-order chi connectivity index (χ0) is 16.9. The van der Waals surface area contributed by atoms with E-state index in [0.29, 0.717) is 11.3 Å². The van der Waals surface area contributed by atoms with E-state index >= 15 is 0 Å². The summed E-state index contributed by atoms with van der Waals surface area (Å²) >= 11 is 1.08. The SMILES string of the molecule is Cc1c(C(=O)Nc2ccc(SC#N)cc2)cnn1-c1ccccc1. The van der Waals surface area contributed by atoms with E-state index in [1.807, 2.05) is 42.7 Å². The number of amides is 1. The summed E-state index contributed by atoms with van der Waals surface area (Å²) in [5, 5.41) is 17.8. The molecule has 0 aliphatic heterocycles. The number of carbonyl (C=O) groups excluding carboxylic acids is 1. The number of aromatic nitrogens is 2. The number of rotatable bonds is 4. The van der Waals surface area contributed by atoms with Gasteiger partial charge in [-0.25, -0.2) is 4.68 Å². The fourth-order valence-electron chi connectivity index (χ4n) is 2.32. The Hall–Kier alpha value is -3.04. The lowest BCUT2D eigenvalue weighted by Gasteiger charge is -2.07. The third kappa shape index (κ3) is 3.31. The molecule has 1 aromatic heterocycles. The Morgan fingerprint density at radius 2 is 1.88 bits per heavy atom. The van der Waals surface area contributed by atoms with Crippen molar-refractivity contribution in [3.05, 3.63) is 72.1 Å². The van der Waals surface area contributed by atoms with Gasteiger partial charge in [0.2, 0.25) is 0 Å². The number of carbonyl (C=O) groups is 1. The predicted octanol–water partition coefficient (Wildman–Crippen LogP) is 4.01. The van der Waals surface area contributed by atoms with Gasteiger partial charge in [-0.2, -0.15) is 10.4 Å². The van der Waals surface area contributed by atoms with Crippen LogP contribution in [0, 0.1) is 17.6 Å².